The third-order valence-electron chi connectivity index (χ3n) is 5.33. The first-order valence-corrected chi connectivity index (χ1v) is 10.8. The maximum Gasteiger partial charge on any atom is 0.494 e. The number of anilines is 2. The zero-order chi connectivity index (χ0) is 22.4. The highest BCUT2D eigenvalue weighted by Gasteiger charge is 2.30. The fourth-order valence-corrected chi connectivity index (χ4v) is 3.36. The number of carbonyl (C=O) groups is 1. The van der Waals surface area contributed by atoms with Gasteiger partial charge < -0.3 is 19.9 Å². The number of rotatable bonds is 8. The lowest BCUT2D eigenvalue weighted by Gasteiger charge is -2.28. The molecular formula is C25H31BN2O3. The van der Waals surface area contributed by atoms with Crippen LogP contribution in [0.15, 0.2) is 60.7 Å². The molecule has 162 valence electrons. The van der Waals surface area contributed by atoms with Crippen LogP contribution in [0.4, 0.5) is 16.2 Å². The molecule has 0 aromatic heterocycles. The molecule has 0 bridgehead atoms. The lowest BCUT2D eigenvalue weighted by atomic mass is 9.74. The number of fused-ring (bicyclic) bond motifs is 1. The predicted octanol–water partition coefficient (Wildman–Crippen LogP) is 5.73. The third-order valence-corrected chi connectivity index (χ3v) is 5.33. The van der Waals surface area contributed by atoms with Crippen LogP contribution in [0.25, 0.3) is 10.8 Å². The zero-order valence-electron chi connectivity index (χ0n) is 19.0. The van der Waals surface area contributed by atoms with E-state index in [-0.39, 0.29) is 11.6 Å². The second-order valence-corrected chi connectivity index (χ2v) is 8.21. The van der Waals surface area contributed by atoms with Crippen molar-refractivity contribution in [2.75, 3.05) is 17.2 Å². The van der Waals surface area contributed by atoms with Crippen LogP contribution < -0.4 is 16.1 Å². The number of nitrogens with one attached hydrogen (secondary N) is 2. The molecule has 3 aromatic carbocycles. The van der Waals surface area contributed by atoms with Crippen molar-refractivity contribution in [1.29, 1.82) is 0 Å². The summed E-state index contributed by atoms with van der Waals surface area (Å²) < 4.78 is 12.3. The third kappa shape index (κ3) is 5.87. The van der Waals surface area contributed by atoms with E-state index in [0.29, 0.717) is 6.61 Å². The van der Waals surface area contributed by atoms with Gasteiger partial charge in [0.15, 0.2) is 0 Å². The van der Waals surface area contributed by atoms with Crippen molar-refractivity contribution in [3.63, 3.8) is 0 Å². The fraction of sp³-hybridized carbons (Fsp3) is 0.320. The molecule has 3 rings (SSSR count). The summed E-state index contributed by atoms with van der Waals surface area (Å²) in [5.41, 5.74) is 3.21. The molecule has 0 spiro atoms. The van der Waals surface area contributed by atoms with Gasteiger partial charge in [-0.05, 0) is 68.7 Å². The van der Waals surface area contributed by atoms with Gasteiger partial charge >= 0.3 is 13.1 Å². The Labute approximate surface area is 185 Å². The normalized spacial score (nSPS) is 11.4. The molecule has 0 aliphatic heterocycles. The van der Waals surface area contributed by atoms with Crippen molar-refractivity contribution >= 4 is 40.8 Å². The van der Waals surface area contributed by atoms with Gasteiger partial charge in [-0.25, -0.2) is 4.79 Å². The highest BCUT2D eigenvalue weighted by molar-refractivity contribution is 6.64. The molecule has 0 fully saturated rings. The Bertz CT molecular complexity index is 1050. The van der Waals surface area contributed by atoms with E-state index in [1.54, 1.807) is 0 Å². The molecule has 5 nitrogen and oxygen atoms in total. The number of benzene rings is 3. The van der Waals surface area contributed by atoms with E-state index in [2.05, 4.69) is 31.4 Å². The van der Waals surface area contributed by atoms with Crippen molar-refractivity contribution in [3.8, 4) is 0 Å². The van der Waals surface area contributed by atoms with Gasteiger partial charge in [-0.1, -0.05) is 49.4 Å². The minimum Gasteiger partial charge on any atom is -0.408 e. The molecule has 31 heavy (non-hydrogen) atoms. The van der Waals surface area contributed by atoms with E-state index < -0.39 is 7.12 Å². The quantitative estimate of drug-likeness (QED) is 0.460. The van der Waals surface area contributed by atoms with Gasteiger partial charge in [-0.15, -0.1) is 0 Å². The Morgan fingerprint density at radius 3 is 2.39 bits per heavy atom. The summed E-state index contributed by atoms with van der Waals surface area (Å²) in [6.07, 6.45) is 0.868. The van der Waals surface area contributed by atoms with E-state index in [9.17, 15) is 4.79 Å². The fourth-order valence-electron chi connectivity index (χ4n) is 3.36. The Morgan fingerprint density at radius 1 is 0.968 bits per heavy atom. The highest BCUT2D eigenvalue weighted by atomic mass is 16.6. The molecule has 0 unspecified atom stereocenters. The number of carbonyl (C=O) groups excluding carboxylic acids is 1. The molecule has 2 N–H and O–H groups in total. The summed E-state index contributed by atoms with van der Waals surface area (Å²) in [6, 6.07) is 19.3. The van der Waals surface area contributed by atoms with E-state index in [1.165, 1.54) is 0 Å². The lowest BCUT2D eigenvalue weighted by molar-refractivity contribution is 0.0707. The average Bonchev–Trinajstić information content (AvgIpc) is 2.73. The minimum absolute atomic E-state index is 0.284. The summed E-state index contributed by atoms with van der Waals surface area (Å²) in [4.78, 5) is 12.6. The molecule has 0 aliphatic rings. The number of hydrogen-bond donors (Lipinski definition) is 2. The van der Waals surface area contributed by atoms with Crippen LogP contribution in [0.2, 0.25) is 0 Å². The smallest absolute Gasteiger partial charge is 0.408 e. The van der Waals surface area contributed by atoms with E-state index >= 15 is 0 Å². The first-order valence-electron chi connectivity index (χ1n) is 10.8. The minimum atomic E-state index is -0.486. The summed E-state index contributed by atoms with van der Waals surface area (Å²) in [6.45, 7) is 10.7. The molecule has 3 aromatic rings. The van der Waals surface area contributed by atoms with Crippen molar-refractivity contribution in [1.82, 2.24) is 0 Å². The number of aryl methyl sites for hydroxylation is 1. The van der Waals surface area contributed by atoms with Crippen molar-refractivity contribution in [3.05, 3.63) is 66.2 Å². The van der Waals surface area contributed by atoms with E-state index in [0.717, 1.165) is 39.6 Å². The van der Waals surface area contributed by atoms with Crippen molar-refractivity contribution in [2.45, 2.75) is 46.6 Å². The maximum absolute atomic E-state index is 12.6. The lowest BCUT2D eigenvalue weighted by Crippen LogP contribution is -2.44. The molecule has 0 heterocycles. The molecular weight excluding hydrogens is 387 g/mol. The maximum atomic E-state index is 12.6. The number of amides is 2. The van der Waals surface area contributed by atoms with Crippen LogP contribution in [0, 0.1) is 6.92 Å². The van der Waals surface area contributed by atoms with Crippen LogP contribution >= 0.6 is 0 Å². The molecule has 0 radical (unpaired) electrons. The van der Waals surface area contributed by atoms with Crippen LogP contribution in [-0.2, 0) is 9.31 Å². The second kappa shape index (κ2) is 9.99. The Morgan fingerprint density at radius 2 is 1.71 bits per heavy atom. The molecule has 0 saturated carbocycles. The number of hydrogen-bond acceptors (Lipinski definition) is 3. The van der Waals surface area contributed by atoms with Crippen molar-refractivity contribution in [2.24, 2.45) is 0 Å². The van der Waals surface area contributed by atoms with Gasteiger partial charge in [0.1, 0.15) is 0 Å². The first kappa shape index (κ1) is 22.9. The SMILES string of the molecule is CCOB(OC(C)(C)CC)c1ccc(NC(=O)Nc2cccc(C)c2)c2ccccc12. The zero-order valence-corrected chi connectivity index (χ0v) is 19.0. The van der Waals surface area contributed by atoms with Crippen LogP contribution in [0.1, 0.15) is 39.7 Å². The predicted molar refractivity (Wildman–Crippen MR) is 130 cm³/mol. The van der Waals surface area contributed by atoms with Gasteiger partial charge in [-0.2, -0.15) is 0 Å². The van der Waals surface area contributed by atoms with E-state index in [1.807, 2.05) is 74.5 Å². The van der Waals surface area contributed by atoms with Crippen molar-refractivity contribution < 1.29 is 14.1 Å². The summed E-state index contributed by atoms with van der Waals surface area (Å²) in [7, 11) is -0.486. The second-order valence-electron chi connectivity index (χ2n) is 8.21. The number of urea groups is 1. The monoisotopic (exact) mass is 418 g/mol. The van der Waals surface area contributed by atoms with Gasteiger partial charge in [-0.3, -0.25) is 0 Å². The standard InChI is InChI=1S/C25H31BN2O3/c1-6-25(4,5)31-26(30-7-2)22-15-16-23(21-14-9-8-13-20(21)22)28-24(29)27-19-12-10-11-18(3)17-19/h8-17H,6-7H2,1-5H3,(H2,27,28,29). The Hall–Kier alpha value is -2.83. The molecule has 0 atom stereocenters. The molecule has 2 amide bonds. The molecule has 6 heteroatoms. The highest BCUT2D eigenvalue weighted by Crippen LogP contribution is 2.24. The summed E-state index contributed by atoms with van der Waals surface area (Å²) >= 11 is 0. The van der Waals surface area contributed by atoms with Gasteiger partial charge in [0.05, 0.1) is 5.69 Å². The van der Waals surface area contributed by atoms with Gasteiger partial charge in [0.2, 0.25) is 0 Å². The summed E-state index contributed by atoms with van der Waals surface area (Å²) in [5.74, 6) is 0. The van der Waals surface area contributed by atoms with Crippen LogP contribution in [-0.4, -0.2) is 25.4 Å². The Kier molecular flexibility index (Phi) is 7.36. The van der Waals surface area contributed by atoms with E-state index in [4.69, 9.17) is 9.31 Å². The van der Waals surface area contributed by atoms with Crippen LogP contribution in [0.3, 0.4) is 0 Å². The molecule has 0 aliphatic carbocycles. The molecule has 0 saturated heterocycles. The van der Waals surface area contributed by atoms with Gasteiger partial charge in [0, 0.05) is 23.3 Å². The first-order chi connectivity index (χ1) is 14.8. The average molecular weight is 418 g/mol. The summed E-state index contributed by atoms with van der Waals surface area (Å²) in [5, 5.41) is 7.79. The Balaban J connectivity index is 1.90. The largest absolute Gasteiger partial charge is 0.494 e. The topological polar surface area (TPSA) is 59.6 Å². The van der Waals surface area contributed by atoms with Crippen LogP contribution in [0.5, 0.6) is 0 Å². The van der Waals surface area contributed by atoms with Gasteiger partial charge in [0.25, 0.3) is 0 Å².